The largest absolute Gasteiger partial charge is 0.394 e. The van der Waals surface area contributed by atoms with Crippen LogP contribution in [0, 0.1) is 0 Å². The third-order valence-corrected chi connectivity index (χ3v) is 17.8. The fourth-order valence-corrected chi connectivity index (χ4v) is 12.0. The minimum Gasteiger partial charge on any atom is -0.394 e. The van der Waals surface area contributed by atoms with Crippen LogP contribution in [0.3, 0.4) is 0 Å². The molecule has 0 bridgehead atoms. The zero-order chi connectivity index (χ0) is 65.4. The summed E-state index contributed by atoms with van der Waals surface area (Å²) in [5.74, 6) is -0.288. The molecular weight excluding hydrogens is 1150 g/mol. The lowest BCUT2D eigenvalue weighted by Gasteiger charge is -2.48. The standard InChI is InChI=1S/C71H129NO18/c1-3-5-7-9-11-13-15-17-18-19-20-21-22-23-24-25-26-27-28-29-30-31-32-33-34-35-36-37-39-41-43-45-47-49-59(77)72-54(55(76)48-46-44-42-40-38-16-14-12-10-8-6-4-2)53-85-69-65(83)62(80)67(57(51-74)87-69)90-71-66(84)63(81)68(58(52-75)88-71)89-70-64(82)61(79)60(78)56(50-73)86-70/h10,12,19-20,38,40,46,48,54-58,60-71,73-76,78-84H,3-9,11,13-18,21-37,39,41-45,47,49-53H2,1-2H3,(H,72,77)/b12-10+,20-19-,40-38+,48-46+. The van der Waals surface area contributed by atoms with Crippen molar-refractivity contribution in [3.05, 3.63) is 48.6 Å². The minimum atomic E-state index is -1.98. The van der Waals surface area contributed by atoms with Crippen molar-refractivity contribution >= 4 is 5.91 Å². The first kappa shape index (κ1) is 82.0. The van der Waals surface area contributed by atoms with Gasteiger partial charge in [-0.25, -0.2) is 0 Å². The summed E-state index contributed by atoms with van der Waals surface area (Å²) in [7, 11) is 0. The van der Waals surface area contributed by atoms with Gasteiger partial charge in [-0.05, 0) is 64.2 Å². The summed E-state index contributed by atoms with van der Waals surface area (Å²) in [5.41, 5.74) is 0. The predicted molar refractivity (Wildman–Crippen MR) is 351 cm³/mol. The quantitative estimate of drug-likeness (QED) is 0.0199. The van der Waals surface area contributed by atoms with E-state index in [2.05, 4.69) is 55.6 Å². The number of aliphatic hydroxyl groups excluding tert-OH is 11. The molecule has 3 aliphatic heterocycles. The number of amides is 1. The van der Waals surface area contributed by atoms with Crippen LogP contribution in [-0.2, 0) is 33.2 Å². The van der Waals surface area contributed by atoms with Gasteiger partial charge in [0.2, 0.25) is 5.91 Å². The average molecular weight is 1280 g/mol. The number of unbranched alkanes of at least 4 members (excludes halogenated alkanes) is 33. The van der Waals surface area contributed by atoms with Gasteiger partial charge in [0.05, 0.1) is 38.6 Å². The fourth-order valence-electron chi connectivity index (χ4n) is 12.0. The SMILES string of the molecule is CCCC/C=C/CC/C=C/CC/C=C/C(O)C(COC1OC(CO)C(OC2OC(CO)C(OC3OC(CO)C(O)C(O)C3O)C(O)C2O)C(O)C1O)NC(=O)CCCCCCCCCCCCCCCCCCCCCCC/C=C\CCCCCCCCCC. The van der Waals surface area contributed by atoms with Crippen molar-refractivity contribution in [2.45, 2.75) is 369 Å². The molecule has 0 aromatic carbocycles. The second-order valence-electron chi connectivity index (χ2n) is 25.7. The van der Waals surface area contributed by atoms with Crippen LogP contribution in [0.5, 0.6) is 0 Å². The molecule has 90 heavy (non-hydrogen) atoms. The number of carbonyl (C=O) groups excluding carboxylic acids is 1. The smallest absolute Gasteiger partial charge is 0.220 e. The molecule has 3 heterocycles. The van der Waals surface area contributed by atoms with Gasteiger partial charge in [-0.1, -0.05) is 242 Å². The van der Waals surface area contributed by atoms with E-state index in [-0.39, 0.29) is 18.9 Å². The van der Waals surface area contributed by atoms with Crippen LogP contribution < -0.4 is 5.32 Å². The highest BCUT2D eigenvalue weighted by Crippen LogP contribution is 2.33. The Morgan fingerprint density at radius 2 is 0.722 bits per heavy atom. The van der Waals surface area contributed by atoms with E-state index < -0.39 is 124 Å². The zero-order valence-electron chi connectivity index (χ0n) is 55.6. The molecule has 0 aromatic heterocycles. The highest BCUT2D eigenvalue weighted by atomic mass is 16.8. The lowest BCUT2D eigenvalue weighted by atomic mass is 9.96. The van der Waals surface area contributed by atoms with Crippen LogP contribution in [0.1, 0.15) is 264 Å². The average Bonchev–Trinajstić information content (AvgIpc) is 1.80. The fraction of sp³-hybridized carbons (Fsp3) is 0.873. The molecule has 1 amide bonds. The summed E-state index contributed by atoms with van der Waals surface area (Å²) in [6, 6.07) is -0.995. The molecule has 526 valence electrons. The van der Waals surface area contributed by atoms with Crippen molar-refractivity contribution in [2.75, 3.05) is 26.4 Å². The molecular formula is C71H129NO18. The van der Waals surface area contributed by atoms with Gasteiger partial charge in [-0.3, -0.25) is 4.79 Å². The summed E-state index contributed by atoms with van der Waals surface area (Å²) in [6.07, 6.45) is 37.0. The first-order valence-electron chi connectivity index (χ1n) is 35.9. The van der Waals surface area contributed by atoms with Gasteiger partial charge < -0.3 is 89.9 Å². The Labute approximate surface area is 542 Å². The van der Waals surface area contributed by atoms with Crippen molar-refractivity contribution in [3.63, 3.8) is 0 Å². The van der Waals surface area contributed by atoms with Crippen LogP contribution >= 0.6 is 0 Å². The number of nitrogens with one attached hydrogen (secondary N) is 1. The molecule has 0 spiro atoms. The topological polar surface area (TPSA) is 307 Å². The monoisotopic (exact) mass is 1280 g/mol. The molecule has 17 atom stereocenters. The summed E-state index contributed by atoms with van der Waals surface area (Å²) in [4.78, 5) is 13.4. The maximum atomic E-state index is 13.4. The Bertz CT molecular complexity index is 1820. The van der Waals surface area contributed by atoms with Gasteiger partial charge in [-0.15, -0.1) is 0 Å². The van der Waals surface area contributed by atoms with Gasteiger partial charge in [0.1, 0.15) is 73.2 Å². The Balaban J connectivity index is 1.34. The first-order valence-corrected chi connectivity index (χ1v) is 35.9. The normalized spacial score (nSPS) is 28.3. The van der Waals surface area contributed by atoms with Gasteiger partial charge >= 0.3 is 0 Å². The molecule has 0 aliphatic carbocycles. The molecule has 19 nitrogen and oxygen atoms in total. The molecule has 3 saturated heterocycles. The van der Waals surface area contributed by atoms with Crippen LogP contribution in [0.2, 0.25) is 0 Å². The Hall–Kier alpha value is -2.25. The van der Waals surface area contributed by atoms with Crippen molar-refractivity contribution in [1.82, 2.24) is 5.32 Å². The maximum Gasteiger partial charge on any atom is 0.220 e. The minimum absolute atomic E-state index is 0.234. The lowest BCUT2D eigenvalue weighted by molar-refractivity contribution is -0.379. The van der Waals surface area contributed by atoms with E-state index >= 15 is 0 Å². The second-order valence-corrected chi connectivity index (χ2v) is 25.7. The third kappa shape index (κ3) is 34.4. The van der Waals surface area contributed by atoms with E-state index in [0.717, 1.165) is 44.9 Å². The Kier molecular flexibility index (Phi) is 48.2. The summed E-state index contributed by atoms with van der Waals surface area (Å²) < 4.78 is 34.3. The van der Waals surface area contributed by atoms with Crippen LogP contribution in [-0.4, -0.2) is 193 Å². The molecule has 3 rings (SSSR count). The van der Waals surface area contributed by atoms with E-state index in [1.54, 1.807) is 6.08 Å². The van der Waals surface area contributed by atoms with Crippen LogP contribution in [0.25, 0.3) is 0 Å². The van der Waals surface area contributed by atoms with Crippen molar-refractivity contribution in [1.29, 1.82) is 0 Å². The van der Waals surface area contributed by atoms with Crippen molar-refractivity contribution < 1.29 is 89.4 Å². The van der Waals surface area contributed by atoms with E-state index in [4.69, 9.17) is 28.4 Å². The number of ether oxygens (including phenoxy) is 6. The molecule has 3 aliphatic rings. The summed E-state index contributed by atoms with van der Waals surface area (Å²) >= 11 is 0. The van der Waals surface area contributed by atoms with E-state index in [9.17, 15) is 61.0 Å². The number of hydrogen-bond acceptors (Lipinski definition) is 18. The molecule has 3 fully saturated rings. The van der Waals surface area contributed by atoms with E-state index in [1.165, 1.54) is 186 Å². The van der Waals surface area contributed by atoms with Gasteiger partial charge in [0, 0.05) is 6.42 Å². The van der Waals surface area contributed by atoms with Gasteiger partial charge in [0.15, 0.2) is 18.9 Å². The molecule has 12 N–H and O–H groups in total. The Morgan fingerprint density at radius 3 is 1.14 bits per heavy atom. The highest BCUT2D eigenvalue weighted by Gasteiger charge is 2.53. The number of carbonyl (C=O) groups is 1. The summed E-state index contributed by atoms with van der Waals surface area (Å²) in [6.45, 7) is 1.66. The predicted octanol–water partition coefficient (Wildman–Crippen LogP) is 9.78. The number of hydrogen-bond donors (Lipinski definition) is 12. The van der Waals surface area contributed by atoms with Crippen LogP contribution in [0.15, 0.2) is 48.6 Å². The highest BCUT2D eigenvalue weighted by molar-refractivity contribution is 5.76. The van der Waals surface area contributed by atoms with Gasteiger partial charge in [0.25, 0.3) is 0 Å². The molecule has 19 heteroatoms. The molecule has 0 saturated carbocycles. The third-order valence-electron chi connectivity index (χ3n) is 17.8. The zero-order valence-corrected chi connectivity index (χ0v) is 55.6. The molecule has 17 unspecified atom stereocenters. The molecule has 0 radical (unpaired) electrons. The second kappa shape index (κ2) is 53.0. The van der Waals surface area contributed by atoms with Crippen molar-refractivity contribution in [2.24, 2.45) is 0 Å². The van der Waals surface area contributed by atoms with Crippen LogP contribution in [0.4, 0.5) is 0 Å². The van der Waals surface area contributed by atoms with E-state index in [1.807, 2.05) is 6.08 Å². The number of allylic oxidation sites excluding steroid dienone is 7. The van der Waals surface area contributed by atoms with E-state index in [0.29, 0.717) is 12.8 Å². The lowest BCUT2D eigenvalue weighted by Crippen LogP contribution is -2.66. The summed E-state index contributed by atoms with van der Waals surface area (Å²) in [5, 5.41) is 120. The first-order chi connectivity index (χ1) is 43.8. The maximum absolute atomic E-state index is 13.4. The number of rotatable bonds is 55. The van der Waals surface area contributed by atoms with Crippen molar-refractivity contribution in [3.8, 4) is 0 Å². The Morgan fingerprint density at radius 1 is 0.389 bits per heavy atom. The van der Waals surface area contributed by atoms with Gasteiger partial charge in [-0.2, -0.15) is 0 Å². The number of aliphatic hydroxyl groups is 11. The molecule has 0 aromatic rings.